The summed E-state index contributed by atoms with van der Waals surface area (Å²) >= 11 is 0. The van der Waals surface area contributed by atoms with E-state index in [-0.39, 0.29) is 12.1 Å². The summed E-state index contributed by atoms with van der Waals surface area (Å²) in [5.74, 6) is 4.35. The van der Waals surface area contributed by atoms with E-state index in [1.54, 1.807) is 6.92 Å². The molecule has 0 unspecified atom stereocenters. The van der Waals surface area contributed by atoms with Crippen LogP contribution in [0.1, 0.15) is 125 Å². The van der Waals surface area contributed by atoms with Gasteiger partial charge in [-0.05, 0) is 115 Å². The molecule has 0 N–H and O–H groups in total. The molecule has 0 aromatic heterocycles. The van der Waals surface area contributed by atoms with Crippen molar-refractivity contribution in [2.24, 2.45) is 51.2 Å². The lowest BCUT2D eigenvalue weighted by Gasteiger charge is -2.61. The molecule has 0 bridgehead atoms. The predicted octanol–water partition coefficient (Wildman–Crippen LogP) is 8.18. The number of hydrogen-bond donors (Lipinski definition) is 0. The summed E-state index contributed by atoms with van der Waals surface area (Å²) in [6.45, 7) is 14.4. The number of rotatable bonds is 6. The van der Waals surface area contributed by atoms with Crippen LogP contribution in [0, 0.1) is 51.2 Å². The van der Waals surface area contributed by atoms with Crippen LogP contribution in [0.15, 0.2) is 0 Å². The highest BCUT2D eigenvalue weighted by molar-refractivity contribution is 5.66. The lowest BCUT2D eigenvalue weighted by Crippen LogP contribution is -2.55. The van der Waals surface area contributed by atoms with Gasteiger partial charge in [0.2, 0.25) is 0 Å². The van der Waals surface area contributed by atoms with Gasteiger partial charge in [0.15, 0.2) is 0 Å². The second-order valence-corrected chi connectivity index (χ2v) is 14.1. The minimum absolute atomic E-state index is 0.0781. The van der Waals surface area contributed by atoms with Gasteiger partial charge < -0.3 is 4.74 Å². The molecule has 5 aliphatic rings. The normalized spacial score (nSPS) is 50.1. The van der Waals surface area contributed by atoms with Crippen LogP contribution in [0.5, 0.6) is 0 Å². The van der Waals surface area contributed by atoms with E-state index in [4.69, 9.17) is 4.74 Å². The molecule has 0 heterocycles. The highest BCUT2D eigenvalue weighted by Gasteiger charge is 2.80. The molecule has 5 aliphatic carbocycles. The molecule has 0 amide bonds. The average molecular weight is 443 g/mol. The van der Waals surface area contributed by atoms with Gasteiger partial charge in [-0.3, -0.25) is 4.79 Å². The van der Waals surface area contributed by atoms with Gasteiger partial charge in [0.05, 0.1) is 0 Å². The summed E-state index contributed by atoms with van der Waals surface area (Å²) in [7, 11) is 0. The average Bonchev–Trinajstić information content (AvgIpc) is 3.29. The van der Waals surface area contributed by atoms with E-state index >= 15 is 0 Å². The smallest absolute Gasteiger partial charge is 0.302 e. The summed E-state index contributed by atoms with van der Waals surface area (Å²) in [5.41, 5.74) is 2.34. The van der Waals surface area contributed by atoms with E-state index in [1.807, 2.05) is 0 Å². The zero-order chi connectivity index (χ0) is 22.9. The Labute approximate surface area is 198 Å². The zero-order valence-corrected chi connectivity index (χ0v) is 22.0. The Morgan fingerprint density at radius 2 is 1.69 bits per heavy atom. The molecule has 5 fully saturated rings. The maximum absolute atomic E-state index is 11.6. The summed E-state index contributed by atoms with van der Waals surface area (Å²) < 4.78 is 5.69. The van der Waals surface area contributed by atoms with E-state index < -0.39 is 0 Å². The highest BCUT2D eigenvalue weighted by Crippen LogP contribution is 2.87. The number of carbonyl (C=O) groups excluding carboxylic acids is 1. The van der Waals surface area contributed by atoms with Gasteiger partial charge in [0.1, 0.15) is 6.10 Å². The molecule has 0 radical (unpaired) electrons. The topological polar surface area (TPSA) is 26.3 Å². The number of fused-ring (bicyclic) bond motifs is 2. The minimum atomic E-state index is -0.0781. The third-order valence-electron chi connectivity index (χ3n) is 12.6. The molecule has 5 saturated carbocycles. The summed E-state index contributed by atoms with van der Waals surface area (Å²) in [5, 5.41) is 0. The van der Waals surface area contributed by atoms with Crippen LogP contribution in [0.2, 0.25) is 0 Å². The van der Waals surface area contributed by atoms with Crippen molar-refractivity contribution in [1.82, 2.24) is 0 Å². The van der Waals surface area contributed by atoms with Crippen LogP contribution in [0.4, 0.5) is 0 Å². The first-order valence-electron chi connectivity index (χ1n) is 14.3. The Bertz CT molecular complexity index is 743. The van der Waals surface area contributed by atoms with E-state index in [0.717, 1.165) is 42.4 Å². The molecule has 9 atom stereocenters. The Hall–Kier alpha value is -0.530. The molecular weight excluding hydrogens is 392 g/mol. The second kappa shape index (κ2) is 7.74. The SMILES string of the molecule is CC(=O)O[C@H]1CC[C@]23C[C@]24CC[C@]2(C)[C@@H]([C@H](C)CCCC(C)C)CC[C@@]2(C)[C@H]4CC[C@H]3C1. The van der Waals surface area contributed by atoms with Crippen molar-refractivity contribution in [3.8, 4) is 0 Å². The number of hydrogen-bond acceptors (Lipinski definition) is 2. The fraction of sp³-hybridized carbons (Fsp3) is 0.967. The van der Waals surface area contributed by atoms with Crippen molar-refractivity contribution in [2.75, 3.05) is 0 Å². The van der Waals surface area contributed by atoms with Gasteiger partial charge >= 0.3 is 5.97 Å². The van der Waals surface area contributed by atoms with Gasteiger partial charge in [-0.2, -0.15) is 0 Å². The van der Waals surface area contributed by atoms with E-state index in [2.05, 4.69) is 34.6 Å². The first-order valence-corrected chi connectivity index (χ1v) is 14.3. The Balaban J connectivity index is 1.32. The quantitative estimate of drug-likeness (QED) is 0.388. The van der Waals surface area contributed by atoms with Gasteiger partial charge in [0.25, 0.3) is 0 Å². The van der Waals surface area contributed by atoms with Crippen molar-refractivity contribution in [3.63, 3.8) is 0 Å². The van der Waals surface area contributed by atoms with Crippen LogP contribution < -0.4 is 0 Å². The monoisotopic (exact) mass is 442 g/mol. The van der Waals surface area contributed by atoms with Crippen LogP contribution in [-0.4, -0.2) is 12.1 Å². The number of carbonyl (C=O) groups is 1. The van der Waals surface area contributed by atoms with Gasteiger partial charge in [-0.1, -0.05) is 53.9 Å². The van der Waals surface area contributed by atoms with Crippen LogP contribution in [-0.2, 0) is 9.53 Å². The first-order chi connectivity index (χ1) is 15.1. The van der Waals surface area contributed by atoms with Crippen molar-refractivity contribution >= 4 is 5.97 Å². The van der Waals surface area contributed by atoms with Crippen molar-refractivity contribution in [1.29, 1.82) is 0 Å². The van der Waals surface area contributed by atoms with E-state index in [1.165, 1.54) is 70.6 Å². The fourth-order valence-corrected chi connectivity index (χ4v) is 11.0. The van der Waals surface area contributed by atoms with E-state index in [0.29, 0.717) is 21.7 Å². The predicted molar refractivity (Wildman–Crippen MR) is 131 cm³/mol. The van der Waals surface area contributed by atoms with Crippen LogP contribution in [0.3, 0.4) is 0 Å². The van der Waals surface area contributed by atoms with Crippen molar-refractivity contribution in [3.05, 3.63) is 0 Å². The molecule has 0 aliphatic heterocycles. The third kappa shape index (κ3) is 3.12. The highest BCUT2D eigenvalue weighted by atomic mass is 16.5. The van der Waals surface area contributed by atoms with Gasteiger partial charge in [-0.15, -0.1) is 0 Å². The molecule has 0 aromatic carbocycles. The van der Waals surface area contributed by atoms with Crippen LogP contribution >= 0.6 is 0 Å². The van der Waals surface area contributed by atoms with Gasteiger partial charge in [-0.25, -0.2) is 0 Å². The van der Waals surface area contributed by atoms with E-state index in [9.17, 15) is 4.79 Å². The molecular formula is C30H50O2. The number of esters is 1. The second-order valence-electron chi connectivity index (χ2n) is 14.1. The third-order valence-corrected chi connectivity index (χ3v) is 12.6. The Morgan fingerprint density at radius 1 is 0.906 bits per heavy atom. The van der Waals surface area contributed by atoms with Crippen molar-refractivity contribution in [2.45, 2.75) is 131 Å². The minimum Gasteiger partial charge on any atom is -0.463 e. The Kier molecular flexibility index (Phi) is 5.62. The first kappa shape index (κ1) is 23.2. The lowest BCUT2D eigenvalue weighted by atomic mass is 9.43. The molecule has 32 heavy (non-hydrogen) atoms. The molecule has 2 heteroatoms. The lowest BCUT2D eigenvalue weighted by molar-refractivity contribution is -0.156. The van der Waals surface area contributed by atoms with Gasteiger partial charge in [0, 0.05) is 6.92 Å². The molecule has 2 spiro atoms. The molecule has 182 valence electrons. The number of ether oxygens (including phenoxy) is 1. The van der Waals surface area contributed by atoms with Crippen molar-refractivity contribution < 1.29 is 9.53 Å². The maximum Gasteiger partial charge on any atom is 0.302 e. The zero-order valence-electron chi connectivity index (χ0n) is 22.0. The molecule has 2 nitrogen and oxygen atoms in total. The largest absolute Gasteiger partial charge is 0.463 e. The maximum atomic E-state index is 11.6. The molecule has 0 aromatic rings. The molecule has 0 saturated heterocycles. The summed E-state index contributed by atoms with van der Waals surface area (Å²) in [4.78, 5) is 11.6. The molecule has 5 rings (SSSR count). The summed E-state index contributed by atoms with van der Waals surface area (Å²) in [6, 6.07) is 0. The van der Waals surface area contributed by atoms with Crippen LogP contribution in [0.25, 0.3) is 0 Å². The fourth-order valence-electron chi connectivity index (χ4n) is 11.0. The summed E-state index contributed by atoms with van der Waals surface area (Å²) in [6.07, 6.45) is 18.3. The standard InChI is InChI=1S/C30H50O2/c1-20(2)8-7-9-21(3)25-13-14-28(6)26-11-10-23-18-24(32-22(4)31)12-15-29(23)19-30(26,29)17-16-27(25,28)5/h20-21,23-26H,7-19H2,1-6H3/t21-,23+,24+,25-,26-,27-,28+,29-,30+/m1/s1. The Morgan fingerprint density at radius 3 is 2.41 bits per heavy atom.